The molecular weight excluding hydrogens is 407 g/mol. The number of anilines is 1. The first-order valence-electron chi connectivity index (χ1n) is 9.24. The lowest BCUT2D eigenvalue weighted by Gasteiger charge is -2.23. The summed E-state index contributed by atoms with van der Waals surface area (Å²) in [5.74, 6) is -0.472. The molecule has 1 N–H and O–H groups in total. The van der Waals surface area contributed by atoms with Crippen LogP contribution in [-0.4, -0.2) is 32.0 Å². The number of methoxy groups -OCH3 is 1. The van der Waals surface area contributed by atoms with Crippen molar-refractivity contribution in [2.75, 3.05) is 25.1 Å². The Labute approximate surface area is 179 Å². The van der Waals surface area contributed by atoms with Crippen LogP contribution in [0.1, 0.15) is 20.7 Å². The third-order valence-corrected chi connectivity index (χ3v) is 4.77. The molecular formula is C23H20ClFN2O3. The molecule has 0 radical (unpaired) electrons. The molecule has 3 aromatic rings. The average Bonchev–Trinajstić information content (AvgIpc) is 2.77. The van der Waals surface area contributed by atoms with E-state index in [2.05, 4.69) is 5.32 Å². The number of hydrogen-bond donors (Lipinski definition) is 1. The van der Waals surface area contributed by atoms with Gasteiger partial charge in [-0.1, -0.05) is 29.8 Å². The lowest BCUT2D eigenvalue weighted by Crippen LogP contribution is -2.39. The molecule has 0 spiro atoms. The highest BCUT2D eigenvalue weighted by atomic mass is 35.5. The maximum absolute atomic E-state index is 13.4. The quantitative estimate of drug-likeness (QED) is 0.602. The van der Waals surface area contributed by atoms with Crippen molar-refractivity contribution in [1.82, 2.24) is 5.32 Å². The molecule has 0 unspecified atom stereocenters. The number of rotatable bonds is 7. The van der Waals surface area contributed by atoms with Crippen LogP contribution in [0, 0.1) is 5.82 Å². The number of carbonyl (C=O) groups is 2. The first-order valence-corrected chi connectivity index (χ1v) is 9.61. The van der Waals surface area contributed by atoms with Crippen LogP contribution >= 0.6 is 11.6 Å². The van der Waals surface area contributed by atoms with Crippen LogP contribution in [0.4, 0.5) is 10.1 Å². The molecule has 0 aliphatic carbocycles. The fraction of sp³-hybridized carbons (Fsp3) is 0.130. The van der Waals surface area contributed by atoms with E-state index in [4.69, 9.17) is 16.3 Å². The molecule has 154 valence electrons. The van der Waals surface area contributed by atoms with E-state index in [1.165, 1.54) is 36.3 Å². The van der Waals surface area contributed by atoms with Gasteiger partial charge in [-0.05, 0) is 54.6 Å². The number of hydrogen-bond acceptors (Lipinski definition) is 3. The zero-order valence-electron chi connectivity index (χ0n) is 16.3. The minimum absolute atomic E-state index is 0.172. The summed E-state index contributed by atoms with van der Waals surface area (Å²) in [5, 5.41) is 3.10. The molecule has 0 bridgehead atoms. The summed E-state index contributed by atoms with van der Waals surface area (Å²) in [4.78, 5) is 27.0. The van der Waals surface area contributed by atoms with Crippen LogP contribution in [0.3, 0.4) is 0 Å². The fourth-order valence-corrected chi connectivity index (χ4v) is 3.11. The third kappa shape index (κ3) is 5.15. The monoisotopic (exact) mass is 426 g/mol. The summed E-state index contributed by atoms with van der Waals surface area (Å²) in [6.07, 6.45) is 0. The maximum Gasteiger partial charge on any atom is 0.259 e. The lowest BCUT2D eigenvalue weighted by atomic mass is 10.1. The molecule has 5 nitrogen and oxygen atoms in total. The Morgan fingerprint density at radius 2 is 1.77 bits per heavy atom. The van der Waals surface area contributed by atoms with Crippen molar-refractivity contribution in [2.24, 2.45) is 0 Å². The van der Waals surface area contributed by atoms with E-state index in [0.29, 0.717) is 27.6 Å². The van der Waals surface area contributed by atoms with Gasteiger partial charge in [0, 0.05) is 24.3 Å². The SMILES string of the molecule is COc1cccc(C(=O)NCCN(C(=O)c2ccccc2Cl)c2ccc(F)cc2)c1. The predicted octanol–water partition coefficient (Wildman–Crippen LogP) is 4.56. The van der Waals surface area contributed by atoms with Crippen LogP contribution in [0.25, 0.3) is 0 Å². The molecule has 2 amide bonds. The normalized spacial score (nSPS) is 10.4. The smallest absolute Gasteiger partial charge is 0.259 e. The number of halogens is 2. The van der Waals surface area contributed by atoms with Gasteiger partial charge in [0.05, 0.1) is 17.7 Å². The first-order chi connectivity index (χ1) is 14.5. The molecule has 0 aliphatic heterocycles. The molecule has 0 aromatic heterocycles. The van der Waals surface area contributed by atoms with Crippen molar-refractivity contribution in [3.63, 3.8) is 0 Å². The van der Waals surface area contributed by atoms with E-state index >= 15 is 0 Å². The maximum atomic E-state index is 13.4. The van der Waals surface area contributed by atoms with E-state index in [1.54, 1.807) is 48.5 Å². The molecule has 0 heterocycles. The Kier molecular flexibility index (Phi) is 7.03. The van der Waals surface area contributed by atoms with E-state index in [0.717, 1.165) is 0 Å². The number of carbonyl (C=O) groups excluding carboxylic acids is 2. The highest BCUT2D eigenvalue weighted by molar-refractivity contribution is 6.34. The van der Waals surface area contributed by atoms with Gasteiger partial charge in [0.15, 0.2) is 0 Å². The topological polar surface area (TPSA) is 58.6 Å². The van der Waals surface area contributed by atoms with Crippen LogP contribution < -0.4 is 15.0 Å². The second kappa shape index (κ2) is 9.89. The van der Waals surface area contributed by atoms with Crippen molar-refractivity contribution in [3.8, 4) is 5.75 Å². The second-order valence-electron chi connectivity index (χ2n) is 6.40. The summed E-state index contributed by atoms with van der Waals surface area (Å²) in [5.41, 5.74) is 1.26. The number of amides is 2. The van der Waals surface area contributed by atoms with E-state index in [-0.39, 0.29) is 24.9 Å². The molecule has 3 aromatic carbocycles. The molecule has 0 saturated heterocycles. The van der Waals surface area contributed by atoms with Crippen molar-refractivity contribution in [3.05, 3.63) is 94.8 Å². The predicted molar refractivity (Wildman–Crippen MR) is 115 cm³/mol. The van der Waals surface area contributed by atoms with Crippen LogP contribution in [0.15, 0.2) is 72.8 Å². The third-order valence-electron chi connectivity index (χ3n) is 4.44. The summed E-state index contributed by atoms with van der Waals surface area (Å²) in [6, 6.07) is 19.0. The minimum atomic E-state index is -0.407. The highest BCUT2D eigenvalue weighted by Gasteiger charge is 2.20. The van der Waals surface area contributed by atoms with Crippen molar-refractivity contribution >= 4 is 29.1 Å². The number of nitrogens with one attached hydrogen (secondary N) is 1. The van der Waals surface area contributed by atoms with Gasteiger partial charge < -0.3 is 15.0 Å². The Morgan fingerprint density at radius 1 is 1.03 bits per heavy atom. The molecule has 30 heavy (non-hydrogen) atoms. The fourth-order valence-electron chi connectivity index (χ4n) is 2.90. The largest absolute Gasteiger partial charge is 0.497 e. The molecule has 0 saturated carbocycles. The molecule has 0 aliphatic rings. The van der Waals surface area contributed by atoms with Gasteiger partial charge in [-0.15, -0.1) is 0 Å². The molecule has 3 rings (SSSR count). The van der Waals surface area contributed by atoms with Gasteiger partial charge >= 0.3 is 0 Å². The van der Waals surface area contributed by atoms with Crippen molar-refractivity contribution in [2.45, 2.75) is 0 Å². The minimum Gasteiger partial charge on any atom is -0.497 e. The highest BCUT2D eigenvalue weighted by Crippen LogP contribution is 2.22. The summed E-state index contributed by atoms with van der Waals surface area (Å²) in [6.45, 7) is 0.356. The standard InChI is InChI=1S/C23H20ClFN2O3/c1-30-19-6-4-5-16(15-19)22(28)26-13-14-27(18-11-9-17(25)10-12-18)23(29)20-7-2-3-8-21(20)24/h2-12,15H,13-14H2,1H3,(H,26,28). The Morgan fingerprint density at radius 3 is 2.47 bits per heavy atom. The van der Waals surface area contributed by atoms with Gasteiger partial charge in [-0.2, -0.15) is 0 Å². The Hall–Kier alpha value is -3.38. The lowest BCUT2D eigenvalue weighted by molar-refractivity contribution is 0.0943. The zero-order chi connectivity index (χ0) is 21.5. The van der Waals surface area contributed by atoms with Gasteiger partial charge in [0.1, 0.15) is 11.6 Å². The van der Waals surface area contributed by atoms with Crippen LogP contribution in [0.2, 0.25) is 5.02 Å². The molecule has 0 atom stereocenters. The van der Waals surface area contributed by atoms with E-state index in [1.807, 2.05) is 0 Å². The average molecular weight is 427 g/mol. The van der Waals surface area contributed by atoms with Crippen LogP contribution in [-0.2, 0) is 0 Å². The van der Waals surface area contributed by atoms with Gasteiger partial charge in [-0.25, -0.2) is 4.39 Å². The Bertz CT molecular complexity index is 1040. The van der Waals surface area contributed by atoms with Crippen molar-refractivity contribution in [1.29, 1.82) is 0 Å². The van der Waals surface area contributed by atoms with Crippen LogP contribution in [0.5, 0.6) is 5.75 Å². The summed E-state index contributed by atoms with van der Waals surface area (Å²) in [7, 11) is 1.53. The number of ether oxygens (including phenoxy) is 1. The van der Waals surface area contributed by atoms with Gasteiger partial charge in [-0.3, -0.25) is 9.59 Å². The van der Waals surface area contributed by atoms with E-state index in [9.17, 15) is 14.0 Å². The molecule has 0 fully saturated rings. The number of benzene rings is 3. The molecule has 7 heteroatoms. The Balaban J connectivity index is 1.76. The summed E-state index contributed by atoms with van der Waals surface area (Å²) < 4.78 is 18.5. The van der Waals surface area contributed by atoms with Gasteiger partial charge in [0.2, 0.25) is 0 Å². The van der Waals surface area contributed by atoms with E-state index < -0.39 is 5.82 Å². The first kappa shape index (κ1) is 21.3. The second-order valence-corrected chi connectivity index (χ2v) is 6.81. The van der Waals surface area contributed by atoms with Crippen molar-refractivity contribution < 1.29 is 18.7 Å². The number of nitrogens with zero attached hydrogens (tertiary/aromatic N) is 1. The summed E-state index contributed by atoms with van der Waals surface area (Å²) >= 11 is 6.18. The zero-order valence-corrected chi connectivity index (χ0v) is 17.0. The van der Waals surface area contributed by atoms with Gasteiger partial charge in [0.25, 0.3) is 11.8 Å².